The topological polar surface area (TPSA) is 3.24 Å². The number of unbranched alkanes of at least 4 members (excludes halogenated alkanes) is 2. The van der Waals surface area contributed by atoms with Gasteiger partial charge in [0.1, 0.15) is 0 Å². The van der Waals surface area contributed by atoms with Crippen LogP contribution >= 0.6 is 12.6 Å². The van der Waals surface area contributed by atoms with Gasteiger partial charge in [-0.15, -0.1) is 0 Å². The molecule has 168 valence electrons. The number of rotatable bonds is 8. The van der Waals surface area contributed by atoms with Crippen LogP contribution in [0.15, 0.2) is 47.3 Å². The largest absolute Gasteiger partial charge is 0.344 e. The summed E-state index contributed by atoms with van der Waals surface area (Å²) in [7, 11) is 0. The van der Waals surface area contributed by atoms with E-state index in [0.29, 0.717) is 17.2 Å². The van der Waals surface area contributed by atoms with E-state index in [2.05, 4.69) is 57.4 Å². The van der Waals surface area contributed by atoms with E-state index in [1.54, 1.807) is 27.8 Å². The molecule has 3 unspecified atom stereocenters. The molecule has 31 heavy (non-hydrogen) atoms. The van der Waals surface area contributed by atoms with Gasteiger partial charge >= 0.3 is 0 Å². The van der Waals surface area contributed by atoms with E-state index in [1.807, 2.05) is 0 Å². The third kappa shape index (κ3) is 4.56. The Morgan fingerprint density at radius 2 is 1.90 bits per heavy atom. The summed E-state index contributed by atoms with van der Waals surface area (Å²) in [4.78, 5) is 2.44. The van der Waals surface area contributed by atoms with Crippen LogP contribution in [0.3, 0.4) is 0 Å². The molecule has 2 heterocycles. The first kappa shape index (κ1) is 22.8. The van der Waals surface area contributed by atoms with Crippen LogP contribution in [0.4, 0.5) is 0 Å². The summed E-state index contributed by atoms with van der Waals surface area (Å²) in [5.74, 6) is 0.605. The zero-order valence-electron chi connectivity index (χ0n) is 20.1. The molecule has 1 aliphatic carbocycles. The summed E-state index contributed by atoms with van der Waals surface area (Å²) in [5, 5.41) is 0.350. The zero-order chi connectivity index (χ0) is 22.1. The van der Waals surface area contributed by atoms with E-state index in [-0.39, 0.29) is 0 Å². The van der Waals surface area contributed by atoms with Crippen LogP contribution in [-0.2, 0) is 12.8 Å². The predicted molar refractivity (Wildman–Crippen MR) is 138 cm³/mol. The fraction of sp³-hybridized carbons (Fsp3) is 0.586. The Bertz CT molecular complexity index is 906. The number of aryl methyl sites for hydroxylation is 3. The molecule has 0 bridgehead atoms. The van der Waals surface area contributed by atoms with Gasteiger partial charge in [0.2, 0.25) is 0 Å². The average molecular weight is 436 g/mol. The molecule has 0 amide bonds. The fourth-order valence-corrected chi connectivity index (χ4v) is 6.56. The minimum absolute atomic E-state index is 0.350. The summed E-state index contributed by atoms with van der Waals surface area (Å²) in [5.41, 5.74) is 12.1. The Kier molecular flexibility index (Phi) is 7.06. The molecule has 0 aromatic heterocycles. The molecule has 3 atom stereocenters. The minimum Gasteiger partial charge on any atom is -0.344 e. The highest BCUT2D eigenvalue weighted by Gasteiger charge is 2.45. The number of hydrogen-bond acceptors (Lipinski definition) is 2. The molecular formula is C29H41NS. The third-order valence-electron chi connectivity index (χ3n) is 7.92. The molecule has 1 saturated heterocycles. The van der Waals surface area contributed by atoms with Crippen LogP contribution in [0.25, 0.3) is 0 Å². The molecule has 0 N–H and O–H groups in total. The molecule has 2 aliphatic heterocycles. The Hall–Kier alpha value is -1.41. The van der Waals surface area contributed by atoms with Gasteiger partial charge in [0.05, 0.1) is 11.3 Å². The van der Waals surface area contributed by atoms with E-state index < -0.39 is 0 Å². The fourth-order valence-electron chi connectivity index (χ4n) is 6.19. The van der Waals surface area contributed by atoms with Gasteiger partial charge in [0.15, 0.2) is 0 Å². The SMILES string of the molecule is C=C1C(S)C2CC(CCc3cc(CCCCC)cc(C)c3C3C=C(C)CCC3)=C(C)N12. The van der Waals surface area contributed by atoms with Crippen molar-refractivity contribution in [1.29, 1.82) is 0 Å². The smallest absolute Gasteiger partial charge is 0.0624 e. The molecule has 1 nitrogen and oxygen atoms in total. The molecule has 1 fully saturated rings. The highest BCUT2D eigenvalue weighted by Crippen LogP contribution is 2.47. The van der Waals surface area contributed by atoms with Crippen LogP contribution in [0.1, 0.15) is 100 Å². The van der Waals surface area contributed by atoms with Crippen molar-refractivity contribution in [1.82, 2.24) is 4.90 Å². The monoisotopic (exact) mass is 435 g/mol. The lowest BCUT2D eigenvalue weighted by Gasteiger charge is -2.46. The number of hydrogen-bond donors (Lipinski definition) is 1. The van der Waals surface area contributed by atoms with Crippen molar-refractivity contribution < 1.29 is 0 Å². The predicted octanol–water partition coefficient (Wildman–Crippen LogP) is 8.05. The lowest BCUT2D eigenvalue weighted by molar-refractivity contribution is 0.246. The van der Waals surface area contributed by atoms with Crippen LogP contribution in [0, 0.1) is 6.92 Å². The standard InChI is InChI=1S/C29H41NS/c1-6-7-8-11-23-16-20(3)28(25-12-9-10-19(2)15-25)26(17-23)14-13-24-18-27-29(31)22(5)30(27)21(24)4/h15-17,25,27,29,31H,5-14,18H2,1-4H3. The average Bonchev–Trinajstić information content (AvgIpc) is 3.04. The second-order valence-corrected chi connectivity index (χ2v) is 10.8. The molecule has 0 spiro atoms. The van der Waals surface area contributed by atoms with E-state index in [0.717, 1.165) is 6.42 Å². The second-order valence-electron chi connectivity index (χ2n) is 10.2. The van der Waals surface area contributed by atoms with Gasteiger partial charge in [-0.05, 0) is 100.0 Å². The molecule has 1 aromatic rings. The van der Waals surface area contributed by atoms with Crippen LogP contribution in [-0.4, -0.2) is 16.2 Å². The lowest BCUT2D eigenvalue weighted by atomic mass is 9.79. The van der Waals surface area contributed by atoms with E-state index >= 15 is 0 Å². The summed E-state index contributed by atoms with van der Waals surface area (Å²) in [6.07, 6.45) is 15.1. The Balaban J connectivity index is 1.58. The first-order valence-electron chi connectivity index (χ1n) is 12.5. The first-order valence-corrected chi connectivity index (χ1v) is 13.1. The van der Waals surface area contributed by atoms with Crippen LogP contribution in [0.2, 0.25) is 0 Å². The Morgan fingerprint density at radius 3 is 2.61 bits per heavy atom. The Labute approximate surface area is 196 Å². The summed E-state index contributed by atoms with van der Waals surface area (Å²) in [6.45, 7) is 13.5. The van der Waals surface area contributed by atoms with Gasteiger partial charge in [-0.1, -0.05) is 50.1 Å². The van der Waals surface area contributed by atoms with Crippen molar-refractivity contribution >= 4 is 12.6 Å². The van der Waals surface area contributed by atoms with Crippen molar-refractivity contribution in [2.24, 2.45) is 0 Å². The lowest BCUT2D eigenvalue weighted by Crippen LogP contribution is -2.50. The molecule has 0 radical (unpaired) electrons. The zero-order valence-corrected chi connectivity index (χ0v) is 21.0. The molecular weight excluding hydrogens is 394 g/mol. The quantitative estimate of drug-likeness (QED) is 0.245. The highest BCUT2D eigenvalue weighted by molar-refractivity contribution is 7.81. The maximum Gasteiger partial charge on any atom is 0.0624 e. The van der Waals surface area contributed by atoms with Crippen molar-refractivity contribution in [3.05, 3.63) is 69.6 Å². The number of nitrogens with zero attached hydrogens (tertiary/aromatic N) is 1. The van der Waals surface area contributed by atoms with Gasteiger partial charge in [-0.2, -0.15) is 12.6 Å². The van der Waals surface area contributed by atoms with E-state index in [9.17, 15) is 0 Å². The molecule has 2 heteroatoms. The van der Waals surface area contributed by atoms with Gasteiger partial charge < -0.3 is 4.90 Å². The third-order valence-corrected chi connectivity index (χ3v) is 8.56. The minimum atomic E-state index is 0.350. The van der Waals surface area contributed by atoms with Crippen molar-refractivity contribution in [2.45, 2.75) is 109 Å². The number of benzene rings is 1. The summed E-state index contributed by atoms with van der Waals surface area (Å²) >= 11 is 4.76. The van der Waals surface area contributed by atoms with Crippen LogP contribution in [0.5, 0.6) is 0 Å². The van der Waals surface area contributed by atoms with Crippen molar-refractivity contribution in [2.75, 3.05) is 0 Å². The highest BCUT2D eigenvalue weighted by atomic mass is 32.1. The van der Waals surface area contributed by atoms with Crippen LogP contribution < -0.4 is 0 Å². The van der Waals surface area contributed by atoms with Gasteiger partial charge in [-0.3, -0.25) is 0 Å². The maximum atomic E-state index is 4.76. The molecule has 3 aliphatic rings. The summed E-state index contributed by atoms with van der Waals surface area (Å²) in [6, 6.07) is 5.61. The van der Waals surface area contributed by atoms with Gasteiger partial charge in [0, 0.05) is 17.3 Å². The number of fused-ring (bicyclic) bond motifs is 1. The number of allylic oxidation sites excluding steroid dienone is 3. The first-order chi connectivity index (χ1) is 14.9. The Morgan fingerprint density at radius 1 is 1.10 bits per heavy atom. The van der Waals surface area contributed by atoms with Crippen molar-refractivity contribution in [3.8, 4) is 0 Å². The van der Waals surface area contributed by atoms with E-state index in [4.69, 9.17) is 12.6 Å². The van der Waals surface area contributed by atoms with E-state index in [1.165, 1.54) is 74.7 Å². The molecule has 1 aromatic carbocycles. The second kappa shape index (κ2) is 9.61. The maximum absolute atomic E-state index is 4.76. The number of thiol groups is 1. The van der Waals surface area contributed by atoms with Crippen molar-refractivity contribution in [3.63, 3.8) is 0 Å². The van der Waals surface area contributed by atoms with Gasteiger partial charge in [0.25, 0.3) is 0 Å². The van der Waals surface area contributed by atoms with Gasteiger partial charge in [-0.25, -0.2) is 0 Å². The molecule has 4 rings (SSSR count). The normalized spacial score (nSPS) is 25.6. The molecule has 0 saturated carbocycles. The summed E-state index contributed by atoms with van der Waals surface area (Å²) < 4.78 is 0.